The van der Waals surface area contributed by atoms with Gasteiger partial charge in [-0.2, -0.15) is 4.31 Å². The third-order valence-electron chi connectivity index (χ3n) is 6.25. The van der Waals surface area contributed by atoms with E-state index in [0.29, 0.717) is 37.6 Å². The lowest BCUT2D eigenvalue weighted by molar-refractivity contribution is 0.0633. The number of hydrogen-bond donors (Lipinski definition) is 0. The molecule has 0 bridgehead atoms. The highest BCUT2D eigenvalue weighted by molar-refractivity contribution is 7.89. The van der Waals surface area contributed by atoms with E-state index in [9.17, 15) is 13.2 Å². The number of pyridine rings is 1. The number of benzene rings is 1. The number of hydrogen-bond acceptors (Lipinski definition) is 6. The molecule has 1 aromatic carbocycles. The third kappa shape index (κ3) is 5.42. The van der Waals surface area contributed by atoms with Crippen LogP contribution in [0.4, 0.5) is 10.6 Å². The van der Waals surface area contributed by atoms with Gasteiger partial charge in [0.25, 0.3) is 0 Å². The molecule has 10 heteroatoms. The van der Waals surface area contributed by atoms with Crippen molar-refractivity contribution in [3.63, 3.8) is 0 Å². The molecule has 2 aromatic rings. The van der Waals surface area contributed by atoms with Crippen LogP contribution in [0.3, 0.4) is 0 Å². The first-order chi connectivity index (χ1) is 15.9. The van der Waals surface area contributed by atoms with Crippen LogP contribution in [0, 0.1) is 0 Å². The Morgan fingerprint density at radius 2 is 1.82 bits per heavy atom. The summed E-state index contributed by atoms with van der Waals surface area (Å²) in [7, 11) is -3.73. The normalized spacial score (nSPS) is 22.2. The Balaban J connectivity index is 1.37. The zero-order chi connectivity index (χ0) is 23.4. The van der Waals surface area contributed by atoms with Gasteiger partial charge in [-0.15, -0.1) is 0 Å². The Hall–Kier alpha value is -2.36. The van der Waals surface area contributed by atoms with Gasteiger partial charge in [-0.3, -0.25) is 0 Å². The summed E-state index contributed by atoms with van der Waals surface area (Å²) in [6.07, 6.45) is 3.66. The van der Waals surface area contributed by atoms with E-state index < -0.39 is 22.2 Å². The maximum Gasteiger partial charge on any atom is 0.409 e. The number of anilines is 1. The summed E-state index contributed by atoms with van der Waals surface area (Å²) in [5.41, 5.74) is 0. The van der Waals surface area contributed by atoms with Gasteiger partial charge < -0.3 is 14.5 Å². The van der Waals surface area contributed by atoms with Crippen LogP contribution in [-0.2, 0) is 14.8 Å². The van der Waals surface area contributed by atoms with E-state index in [1.165, 1.54) is 16.4 Å². The smallest absolute Gasteiger partial charge is 0.409 e. The van der Waals surface area contributed by atoms with Crippen molar-refractivity contribution in [2.75, 3.05) is 37.7 Å². The van der Waals surface area contributed by atoms with Crippen LogP contribution in [0.1, 0.15) is 26.2 Å². The van der Waals surface area contributed by atoms with Crippen molar-refractivity contribution in [2.24, 2.45) is 0 Å². The van der Waals surface area contributed by atoms with Crippen molar-refractivity contribution < 1.29 is 17.9 Å². The molecule has 0 spiro atoms. The largest absolute Gasteiger partial charge is 0.448 e. The van der Waals surface area contributed by atoms with Crippen molar-refractivity contribution in [1.82, 2.24) is 14.2 Å². The van der Waals surface area contributed by atoms with Crippen molar-refractivity contribution in [1.29, 1.82) is 0 Å². The molecule has 1 amide bonds. The quantitative estimate of drug-likeness (QED) is 0.634. The Bertz CT molecular complexity index is 1040. The first-order valence-corrected chi connectivity index (χ1v) is 13.0. The molecule has 4 rings (SSSR count). The standard InChI is InChI=1S/C23H29ClN4O4S/c1-18-5-4-6-20(28(18)33(30,31)21-10-8-19(24)9-11-21)17-32-23(29)27-15-13-26(14-16-27)22-7-2-3-12-25-22/h2-3,7-12,18,20H,4-6,13-17H2,1H3/t18-,20-/m1/s1. The highest BCUT2D eigenvalue weighted by Crippen LogP contribution is 2.30. The molecule has 1 aromatic heterocycles. The molecule has 0 saturated carbocycles. The topological polar surface area (TPSA) is 83.1 Å². The molecule has 2 fully saturated rings. The van der Waals surface area contributed by atoms with E-state index in [4.69, 9.17) is 16.3 Å². The fraction of sp³-hybridized carbons (Fsp3) is 0.478. The molecule has 0 N–H and O–H groups in total. The van der Waals surface area contributed by atoms with E-state index in [1.54, 1.807) is 23.2 Å². The van der Waals surface area contributed by atoms with Gasteiger partial charge >= 0.3 is 6.09 Å². The van der Waals surface area contributed by atoms with Crippen molar-refractivity contribution in [2.45, 2.75) is 43.2 Å². The number of carbonyl (C=O) groups excluding carboxylic acids is 1. The van der Waals surface area contributed by atoms with E-state index in [2.05, 4.69) is 9.88 Å². The molecule has 2 aliphatic rings. The van der Waals surface area contributed by atoms with Crippen LogP contribution in [0.25, 0.3) is 0 Å². The number of amides is 1. The van der Waals surface area contributed by atoms with Gasteiger partial charge in [0.2, 0.25) is 10.0 Å². The Kier molecular flexibility index (Phi) is 7.41. The molecule has 3 heterocycles. The average molecular weight is 493 g/mol. The van der Waals surface area contributed by atoms with Crippen LogP contribution in [0.15, 0.2) is 53.6 Å². The predicted molar refractivity (Wildman–Crippen MR) is 127 cm³/mol. The van der Waals surface area contributed by atoms with Gasteiger partial charge in [0.1, 0.15) is 12.4 Å². The van der Waals surface area contributed by atoms with Crippen molar-refractivity contribution in [3.8, 4) is 0 Å². The average Bonchev–Trinajstić information content (AvgIpc) is 2.83. The highest BCUT2D eigenvalue weighted by atomic mass is 35.5. The van der Waals surface area contributed by atoms with Crippen LogP contribution in [-0.4, -0.2) is 73.6 Å². The predicted octanol–water partition coefficient (Wildman–Crippen LogP) is 3.63. The SMILES string of the molecule is C[C@@H]1CCC[C@H](COC(=O)N2CCN(c3ccccn3)CC2)N1S(=O)(=O)c1ccc(Cl)cc1. The molecule has 2 saturated heterocycles. The number of rotatable bonds is 5. The first-order valence-electron chi connectivity index (χ1n) is 11.2. The number of sulfonamides is 1. The van der Waals surface area contributed by atoms with Gasteiger partial charge in [-0.1, -0.05) is 24.1 Å². The second kappa shape index (κ2) is 10.3. The molecule has 2 aliphatic heterocycles. The minimum Gasteiger partial charge on any atom is -0.448 e. The lowest BCUT2D eigenvalue weighted by Gasteiger charge is -2.39. The minimum absolute atomic E-state index is 0.0381. The summed E-state index contributed by atoms with van der Waals surface area (Å²) < 4.78 is 33.8. The second-order valence-corrected chi connectivity index (χ2v) is 10.7. The van der Waals surface area contributed by atoms with Gasteiger partial charge in [0, 0.05) is 43.4 Å². The summed E-state index contributed by atoms with van der Waals surface area (Å²) in [5, 5.41) is 0.481. The Labute approximate surface area is 200 Å². The molecule has 8 nitrogen and oxygen atoms in total. The van der Waals surface area contributed by atoms with Crippen LogP contribution in [0.2, 0.25) is 5.02 Å². The summed E-state index contributed by atoms with van der Waals surface area (Å²) in [4.78, 5) is 21.1. The van der Waals surface area contributed by atoms with Gasteiger partial charge in [-0.25, -0.2) is 18.2 Å². The zero-order valence-electron chi connectivity index (χ0n) is 18.6. The minimum atomic E-state index is -3.73. The lowest BCUT2D eigenvalue weighted by atomic mass is 10.0. The number of piperidine rings is 1. The molecule has 0 unspecified atom stereocenters. The number of halogens is 1. The summed E-state index contributed by atoms with van der Waals surface area (Å²) >= 11 is 5.93. The van der Waals surface area contributed by atoms with Gasteiger partial charge in [-0.05, 0) is 56.2 Å². The Morgan fingerprint density at radius 3 is 2.48 bits per heavy atom. The number of piperazine rings is 1. The highest BCUT2D eigenvalue weighted by Gasteiger charge is 2.39. The zero-order valence-corrected chi connectivity index (χ0v) is 20.2. The van der Waals surface area contributed by atoms with Gasteiger partial charge in [0.15, 0.2) is 0 Å². The molecule has 0 aliphatic carbocycles. The maximum atomic E-state index is 13.4. The van der Waals surface area contributed by atoms with E-state index >= 15 is 0 Å². The lowest BCUT2D eigenvalue weighted by Crippen LogP contribution is -2.52. The van der Waals surface area contributed by atoms with Crippen molar-refractivity contribution >= 4 is 33.5 Å². The molecule has 0 radical (unpaired) electrons. The van der Waals surface area contributed by atoms with Crippen LogP contribution in [0.5, 0.6) is 0 Å². The molecular weight excluding hydrogens is 464 g/mol. The third-order valence-corrected chi connectivity index (χ3v) is 8.59. The Morgan fingerprint density at radius 1 is 1.09 bits per heavy atom. The number of aromatic nitrogens is 1. The van der Waals surface area contributed by atoms with Gasteiger partial charge in [0.05, 0.1) is 10.9 Å². The fourth-order valence-corrected chi connectivity index (χ4v) is 6.49. The van der Waals surface area contributed by atoms with E-state index in [0.717, 1.165) is 18.7 Å². The first kappa shape index (κ1) is 23.8. The second-order valence-electron chi connectivity index (χ2n) is 8.46. The summed E-state index contributed by atoms with van der Waals surface area (Å²) in [5.74, 6) is 0.893. The summed E-state index contributed by atoms with van der Waals surface area (Å²) in [6, 6.07) is 11.4. The molecular formula is C23H29ClN4O4S. The monoisotopic (exact) mass is 492 g/mol. The van der Waals surface area contributed by atoms with E-state index in [-0.39, 0.29) is 17.5 Å². The maximum absolute atomic E-state index is 13.4. The van der Waals surface area contributed by atoms with Crippen LogP contribution < -0.4 is 4.90 Å². The van der Waals surface area contributed by atoms with Crippen LogP contribution >= 0.6 is 11.6 Å². The molecule has 2 atom stereocenters. The number of carbonyl (C=O) groups is 1. The number of nitrogens with zero attached hydrogens (tertiary/aromatic N) is 4. The molecule has 33 heavy (non-hydrogen) atoms. The van der Waals surface area contributed by atoms with Crippen molar-refractivity contribution in [3.05, 3.63) is 53.7 Å². The fourth-order valence-electron chi connectivity index (χ4n) is 4.50. The number of ether oxygens (including phenoxy) is 1. The molecule has 178 valence electrons. The summed E-state index contributed by atoms with van der Waals surface area (Å²) in [6.45, 7) is 4.34. The van der Waals surface area contributed by atoms with E-state index in [1.807, 2.05) is 25.1 Å².